The molecule has 5 heteroatoms. The van der Waals surface area contributed by atoms with Crippen LogP contribution in [0, 0.1) is 6.92 Å². The van der Waals surface area contributed by atoms with E-state index < -0.39 is 0 Å². The Morgan fingerprint density at radius 2 is 2.38 bits per heavy atom. The number of ether oxygens (including phenoxy) is 1. The third kappa shape index (κ3) is 1.50. The summed E-state index contributed by atoms with van der Waals surface area (Å²) in [4.78, 5) is 15.9. The van der Waals surface area contributed by atoms with Crippen molar-refractivity contribution in [2.24, 2.45) is 0 Å². The molecule has 0 saturated heterocycles. The fraction of sp³-hybridized carbons (Fsp3) is 0.273. The van der Waals surface area contributed by atoms with E-state index in [2.05, 4.69) is 4.98 Å². The highest BCUT2D eigenvalue weighted by Gasteiger charge is 2.15. The maximum absolute atomic E-state index is 11.7. The Bertz CT molecular complexity index is 545. The first kappa shape index (κ1) is 10.5. The number of carbonyl (C=O) groups is 1. The minimum atomic E-state index is -0.377. The SMILES string of the molecule is CCOC(=O)c1cccn2c(N)c(C)nc12. The number of hydrogen-bond acceptors (Lipinski definition) is 4. The summed E-state index contributed by atoms with van der Waals surface area (Å²) in [6, 6.07) is 3.43. The summed E-state index contributed by atoms with van der Waals surface area (Å²) in [5, 5.41) is 0. The van der Waals surface area contributed by atoms with E-state index in [0.29, 0.717) is 29.3 Å². The second kappa shape index (κ2) is 3.84. The lowest BCUT2D eigenvalue weighted by molar-refractivity contribution is 0.0528. The number of esters is 1. The normalized spacial score (nSPS) is 10.6. The smallest absolute Gasteiger partial charge is 0.341 e. The van der Waals surface area contributed by atoms with Crippen LogP contribution in [0.2, 0.25) is 0 Å². The molecule has 0 spiro atoms. The molecule has 0 atom stereocenters. The number of aromatic nitrogens is 2. The molecule has 0 fully saturated rings. The van der Waals surface area contributed by atoms with Crippen molar-refractivity contribution >= 4 is 17.4 Å². The highest BCUT2D eigenvalue weighted by molar-refractivity contribution is 5.96. The number of nitrogens with two attached hydrogens (primary N) is 1. The third-order valence-electron chi connectivity index (χ3n) is 2.37. The predicted molar refractivity (Wildman–Crippen MR) is 60.3 cm³/mol. The summed E-state index contributed by atoms with van der Waals surface area (Å²) < 4.78 is 6.63. The maximum atomic E-state index is 11.7. The van der Waals surface area contributed by atoms with Crippen LogP contribution in [0.15, 0.2) is 18.3 Å². The van der Waals surface area contributed by atoms with Gasteiger partial charge in [-0.25, -0.2) is 9.78 Å². The van der Waals surface area contributed by atoms with Crippen molar-refractivity contribution in [3.63, 3.8) is 0 Å². The summed E-state index contributed by atoms with van der Waals surface area (Å²) >= 11 is 0. The van der Waals surface area contributed by atoms with Crippen LogP contribution in [0.5, 0.6) is 0 Å². The first-order valence-electron chi connectivity index (χ1n) is 5.05. The van der Waals surface area contributed by atoms with Gasteiger partial charge in [-0.1, -0.05) is 0 Å². The first-order valence-corrected chi connectivity index (χ1v) is 5.05. The molecule has 0 amide bonds. The highest BCUT2D eigenvalue weighted by atomic mass is 16.5. The van der Waals surface area contributed by atoms with Crippen LogP contribution in [0.3, 0.4) is 0 Å². The molecular weight excluding hydrogens is 206 g/mol. The van der Waals surface area contributed by atoms with Crippen molar-refractivity contribution in [3.8, 4) is 0 Å². The van der Waals surface area contributed by atoms with Gasteiger partial charge >= 0.3 is 5.97 Å². The van der Waals surface area contributed by atoms with Gasteiger partial charge in [0.1, 0.15) is 11.4 Å². The molecule has 5 nitrogen and oxygen atoms in total. The lowest BCUT2D eigenvalue weighted by Crippen LogP contribution is -2.07. The number of pyridine rings is 1. The predicted octanol–water partition coefficient (Wildman–Crippen LogP) is 1.40. The molecule has 0 saturated carbocycles. The topological polar surface area (TPSA) is 69.6 Å². The average molecular weight is 219 g/mol. The second-order valence-electron chi connectivity index (χ2n) is 3.42. The lowest BCUT2D eigenvalue weighted by atomic mass is 10.3. The molecule has 0 aromatic carbocycles. The third-order valence-corrected chi connectivity index (χ3v) is 2.37. The molecule has 0 radical (unpaired) electrons. The number of nitrogen functional groups attached to an aromatic ring is 1. The Hall–Kier alpha value is -2.04. The van der Waals surface area contributed by atoms with Gasteiger partial charge in [0.2, 0.25) is 0 Å². The fourth-order valence-corrected chi connectivity index (χ4v) is 1.57. The summed E-state index contributed by atoms with van der Waals surface area (Å²) in [6.07, 6.45) is 1.77. The molecule has 2 aromatic heterocycles. The summed E-state index contributed by atoms with van der Waals surface area (Å²) in [5.41, 5.74) is 7.51. The quantitative estimate of drug-likeness (QED) is 0.775. The van der Waals surface area contributed by atoms with Gasteiger partial charge < -0.3 is 10.5 Å². The number of fused-ring (bicyclic) bond motifs is 1. The van der Waals surface area contributed by atoms with E-state index in [1.807, 2.05) is 0 Å². The molecule has 0 unspecified atom stereocenters. The summed E-state index contributed by atoms with van der Waals surface area (Å²) in [5.74, 6) is 0.166. The van der Waals surface area contributed by atoms with Crippen molar-refractivity contribution in [1.29, 1.82) is 0 Å². The molecule has 0 aliphatic heterocycles. The highest BCUT2D eigenvalue weighted by Crippen LogP contribution is 2.17. The van der Waals surface area contributed by atoms with Crippen LogP contribution in [0.25, 0.3) is 5.65 Å². The number of hydrogen-bond donors (Lipinski definition) is 1. The zero-order valence-corrected chi connectivity index (χ0v) is 9.23. The zero-order chi connectivity index (χ0) is 11.7. The van der Waals surface area contributed by atoms with Crippen molar-refractivity contribution in [1.82, 2.24) is 9.38 Å². The van der Waals surface area contributed by atoms with Gasteiger partial charge in [0, 0.05) is 6.20 Å². The van der Waals surface area contributed by atoms with Gasteiger partial charge in [0.05, 0.1) is 12.3 Å². The Morgan fingerprint density at radius 1 is 1.62 bits per heavy atom. The molecule has 2 heterocycles. The van der Waals surface area contributed by atoms with E-state index in [1.54, 1.807) is 36.6 Å². The molecule has 84 valence electrons. The zero-order valence-electron chi connectivity index (χ0n) is 9.23. The minimum Gasteiger partial charge on any atom is -0.462 e. The number of carbonyl (C=O) groups excluding carboxylic acids is 1. The maximum Gasteiger partial charge on any atom is 0.341 e. The van der Waals surface area contributed by atoms with E-state index in [9.17, 15) is 4.79 Å². The van der Waals surface area contributed by atoms with Crippen LogP contribution < -0.4 is 5.73 Å². The van der Waals surface area contributed by atoms with E-state index in [1.165, 1.54) is 0 Å². The van der Waals surface area contributed by atoms with E-state index in [0.717, 1.165) is 0 Å². The largest absolute Gasteiger partial charge is 0.462 e. The van der Waals surface area contributed by atoms with Gasteiger partial charge in [0.15, 0.2) is 5.65 Å². The van der Waals surface area contributed by atoms with Crippen molar-refractivity contribution in [2.45, 2.75) is 13.8 Å². The Kier molecular flexibility index (Phi) is 2.52. The van der Waals surface area contributed by atoms with Gasteiger partial charge in [0.25, 0.3) is 0 Å². The summed E-state index contributed by atoms with van der Waals surface area (Å²) in [7, 11) is 0. The van der Waals surface area contributed by atoms with E-state index in [4.69, 9.17) is 10.5 Å². The minimum absolute atomic E-state index is 0.342. The molecule has 16 heavy (non-hydrogen) atoms. The average Bonchev–Trinajstić information content (AvgIpc) is 2.55. The molecule has 0 aliphatic rings. The molecular formula is C11H13N3O2. The van der Waals surface area contributed by atoms with Crippen LogP contribution in [0.1, 0.15) is 23.0 Å². The number of rotatable bonds is 2. The molecule has 2 rings (SSSR count). The molecule has 0 bridgehead atoms. The van der Waals surface area contributed by atoms with E-state index in [-0.39, 0.29) is 5.97 Å². The number of imidazole rings is 1. The van der Waals surface area contributed by atoms with Crippen molar-refractivity contribution < 1.29 is 9.53 Å². The van der Waals surface area contributed by atoms with Gasteiger partial charge in [-0.15, -0.1) is 0 Å². The second-order valence-corrected chi connectivity index (χ2v) is 3.42. The lowest BCUT2D eigenvalue weighted by Gasteiger charge is -2.03. The standard InChI is InChI=1S/C11H13N3O2/c1-3-16-11(15)8-5-4-6-14-9(12)7(2)13-10(8)14/h4-6H,3,12H2,1-2H3. The number of aryl methyl sites for hydroxylation is 1. The molecule has 2 N–H and O–H groups in total. The summed E-state index contributed by atoms with van der Waals surface area (Å²) in [6.45, 7) is 3.91. The Morgan fingerprint density at radius 3 is 3.06 bits per heavy atom. The molecule has 2 aromatic rings. The number of anilines is 1. The van der Waals surface area contributed by atoms with Crippen molar-refractivity contribution in [3.05, 3.63) is 29.6 Å². The van der Waals surface area contributed by atoms with Crippen LogP contribution in [0.4, 0.5) is 5.82 Å². The van der Waals surface area contributed by atoms with Crippen molar-refractivity contribution in [2.75, 3.05) is 12.3 Å². The van der Waals surface area contributed by atoms with Gasteiger partial charge in [-0.05, 0) is 26.0 Å². The van der Waals surface area contributed by atoms with Gasteiger partial charge in [-0.2, -0.15) is 0 Å². The fourth-order valence-electron chi connectivity index (χ4n) is 1.57. The number of nitrogens with zero attached hydrogens (tertiary/aromatic N) is 2. The van der Waals surface area contributed by atoms with Crippen LogP contribution >= 0.6 is 0 Å². The molecule has 0 aliphatic carbocycles. The first-order chi connectivity index (χ1) is 7.65. The Balaban J connectivity index is 2.62. The van der Waals surface area contributed by atoms with E-state index >= 15 is 0 Å². The van der Waals surface area contributed by atoms with Gasteiger partial charge in [-0.3, -0.25) is 4.40 Å². The van der Waals surface area contributed by atoms with Crippen LogP contribution in [-0.2, 0) is 4.74 Å². The Labute approximate surface area is 92.8 Å². The monoisotopic (exact) mass is 219 g/mol. The van der Waals surface area contributed by atoms with Crippen LogP contribution in [-0.4, -0.2) is 22.0 Å².